The zero-order valence-electron chi connectivity index (χ0n) is 7.39. The second-order valence-corrected chi connectivity index (χ2v) is 4.88. The van der Waals surface area contributed by atoms with Gasteiger partial charge in [-0.05, 0) is 18.2 Å². The standard InChI is InChI=1S/C8H9NO4S/c1-14(12,13)7-3-5(8(10)11)2-6(9)4-7/h2-4H,9H2,1H3,(H,10,11). The van der Waals surface area contributed by atoms with Gasteiger partial charge in [-0.25, -0.2) is 13.2 Å². The van der Waals surface area contributed by atoms with E-state index in [-0.39, 0.29) is 16.1 Å². The third kappa shape index (κ3) is 2.23. The average Bonchev–Trinajstić information content (AvgIpc) is 2.01. The van der Waals surface area contributed by atoms with E-state index < -0.39 is 15.8 Å². The highest BCUT2D eigenvalue weighted by molar-refractivity contribution is 7.90. The topological polar surface area (TPSA) is 97.5 Å². The highest BCUT2D eigenvalue weighted by Crippen LogP contribution is 2.16. The summed E-state index contributed by atoms with van der Waals surface area (Å²) in [5.41, 5.74) is 5.35. The monoisotopic (exact) mass is 215 g/mol. The fourth-order valence-corrected chi connectivity index (χ4v) is 1.65. The maximum atomic E-state index is 11.1. The minimum Gasteiger partial charge on any atom is -0.478 e. The van der Waals surface area contributed by atoms with Crippen LogP contribution in [0.25, 0.3) is 0 Å². The van der Waals surface area contributed by atoms with Gasteiger partial charge in [0.1, 0.15) is 0 Å². The number of rotatable bonds is 2. The number of hydrogen-bond donors (Lipinski definition) is 2. The Morgan fingerprint density at radius 3 is 2.36 bits per heavy atom. The Labute approximate surface area is 81.1 Å². The number of nitrogen functional groups attached to an aromatic ring is 1. The van der Waals surface area contributed by atoms with Crippen molar-refractivity contribution in [2.24, 2.45) is 0 Å². The summed E-state index contributed by atoms with van der Waals surface area (Å²) in [6.45, 7) is 0. The number of anilines is 1. The Balaban J connectivity index is 3.43. The van der Waals surface area contributed by atoms with E-state index >= 15 is 0 Å². The van der Waals surface area contributed by atoms with E-state index in [1.165, 1.54) is 12.1 Å². The Hall–Kier alpha value is -1.56. The molecule has 0 saturated carbocycles. The van der Waals surface area contributed by atoms with Crippen LogP contribution in [0.3, 0.4) is 0 Å². The van der Waals surface area contributed by atoms with Crippen molar-refractivity contribution in [2.75, 3.05) is 12.0 Å². The summed E-state index contributed by atoms with van der Waals surface area (Å²) in [7, 11) is -3.42. The molecule has 0 aromatic heterocycles. The summed E-state index contributed by atoms with van der Waals surface area (Å²) in [6.07, 6.45) is 0.993. The van der Waals surface area contributed by atoms with Crippen molar-refractivity contribution in [3.05, 3.63) is 23.8 Å². The highest BCUT2D eigenvalue weighted by atomic mass is 32.2. The summed E-state index contributed by atoms with van der Waals surface area (Å²) in [5, 5.41) is 8.65. The summed E-state index contributed by atoms with van der Waals surface area (Å²) >= 11 is 0. The van der Waals surface area contributed by atoms with Gasteiger partial charge in [0.2, 0.25) is 0 Å². The van der Waals surface area contributed by atoms with Crippen LogP contribution in [0.15, 0.2) is 23.1 Å². The number of sulfone groups is 1. The van der Waals surface area contributed by atoms with Gasteiger partial charge in [-0.15, -0.1) is 0 Å². The lowest BCUT2D eigenvalue weighted by atomic mass is 10.2. The van der Waals surface area contributed by atoms with Crippen molar-refractivity contribution in [2.45, 2.75) is 4.90 Å². The molecule has 0 aliphatic rings. The van der Waals surface area contributed by atoms with Crippen LogP contribution in [0.2, 0.25) is 0 Å². The molecule has 76 valence electrons. The molecule has 0 bridgehead atoms. The molecule has 0 saturated heterocycles. The summed E-state index contributed by atoms with van der Waals surface area (Å²) < 4.78 is 22.2. The maximum absolute atomic E-state index is 11.1. The predicted molar refractivity (Wildman–Crippen MR) is 50.9 cm³/mol. The predicted octanol–water partition coefficient (Wildman–Crippen LogP) is 0.371. The van der Waals surface area contributed by atoms with Gasteiger partial charge < -0.3 is 10.8 Å². The molecular formula is C8H9NO4S. The van der Waals surface area contributed by atoms with E-state index in [1.807, 2.05) is 0 Å². The molecule has 1 rings (SSSR count). The largest absolute Gasteiger partial charge is 0.478 e. The molecule has 0 aliphatic heterocycles. The van der Waals surface area contributed by atoms with Crippen molar-refractivity contribution < 1.29 is 18.3 Å². The Kier molecular flexibility index (Phi) is 2.48. The van der Waals surface area contributed by atoms with Gasteiger partial charge in [0, 0.05) is 11.9 Å². The Bertz CT molecular complexity index is 478. The van der Waals surface area contributed by atoms with E-state index in [0.717, 1.165) is 12.3 Å². The number of hydrogen-bond acceptors (Lipinski definition) is 4. The van der Waals surface area contributed by atoms with Crippen molar-refractivity contribution in [3.63, 3.8) is 0 Å². The normalized spacial score (nSPS) is 11.2. The lowest BCUT2D eigenvalue weighted by Gasteiger charge is -2.02. The second-order valence-electron chi connectivity index (χ2n) is 2.87. The maximum Gasteiger partial charge on any atom is 0.335 e. The van der Waals surface area contributed by atoms with Crippen molar-refractivity contribution in [3.8, 4) is 0 Å². The van der Waals surface area contributed by atoms with Crippen LogP contribution in [0.4, 0.5) is 5.69 Å². The van der Waals surface area contributed by atoms with Crippen LogP contribution in [0.5, 0.6) is 0 Å². The van der Waals surface area contributed by atoms with E-state index in [4.69, 9.17) is 10.8 Å². The van der Waals surface area contributed by atoms with Crippen LogP contribution in [0, 0.1) is 0 Å². The van der Waals surface area contributed by atoms with Crippen molar-refractivity contribution in [1.82, 2.24) is 0 Å². The number of nitrogens with two attached hydrogens (primary N) is 1. The van der Waals surface area contributed by atoms with Crippen molar-refractivity contribution >= 4 is 21.5 Å². The van der Waals surface area contributed by atoms with Gasteiger partial charge in [-0.2, -0.15) is 0 Å². The minimum atomic E-state index is -3.42. The lowest BCUT2D eigenvalue weighted by Crippen LogP contribution is -2.03. The minimum absolute atomic E-state index is 0.0881. The zero-order valence-corrected chi connectivity index (χ0v) is 8.21. The van der Waals surface area contributed by atoms with Gasteiger partial charge in [-0.3, -0.25) is 0 Å². The van der Waals surface area contributed by atoms with E-state index in [9.17, 15) is 13.2 Å². The Morgan fingerprint density at radius 1 is 1.36 bits per heavy atom. The van der Waals surface area contributed by atoms with Gasteiger partial charge in [0.15, 0.2) is 9.84 Å². The first-order chi connectivity index (χ1) is 6.30. The average molecular weight is 215 g/mol. The molecular weight excluding hydrogens is 206 g/mol. The number of carboxylic acid groups (broad SMARTS) is 1. The fraction of sp³-hybridized carbons (Fsp3) is 0.125. The second kappa shape index (κ2) is 3.30. The van der Waals surface area contributed by atoms with Crippen LogP contribution in [-0.2, 0) is 9.84 Å². The molecule has 0 amide bonds. The summed E-state index contributed by atoms with van der Waals surface area (Å²) in [6, 6.07) is 3.51. The molecule has 0 radical (unpaired) electrons. The summed E-state index contributed by atoms with van der Waals surface area (Å²) in [5.74, 6) is -1.21. The summed E-state index contributed by atoms with van der Waals surface area (Å²) in [4.78, 5) is 10.5. The third-order valence-electron chi connectivity index (χ3n) is 1.60. The van der Waals surface area contributed by atoms with Gasteiger partial charge in [-0.1, -0.05) is 0 Å². The molecule has 1 aromatic carbocycles. The molecule has 0 spiro atoms. The van der Waals surface area contributed by atoms with E-state index in [1.54, 1.807) is 0 Å². The van der Waals surface area contributed by atoms with Crippen LogP contribution < -0.4 is 5.73 Å². The first kappa shape index (κ1) is 10.5. The smallest absolute Gasteiger partial charge is 0.335 e. The first-order valence-electron chi connectivity index (χ1n) is 3.64. The van der Waals surface area contributed by atoms with Crippen LogP contribution in [0.1, 0.15) is 10.4 Å². The molecule has 6 heteroatoms. The third-order valence-corrected chi connectivity index (χ3v) is 2.70. The van der Waals surface area contributed by atoms with Crippen LogP contribution >= 0.6 is 0 Å². The number of carbonyl (C=O) groups is 1. The highest BCUT2D eigenvalue weighted by Gasteiger charge is 2.12. The SMILES string of the molecule is CS(=O)(=O)c1cc(N)cc(C(=O)O)c1. The molecule has 5 nitrogen and oxygen atoms in total. The van der Waals surface area contributed by atoms with Gasteiger partial charge >= 0.3 is 5.97 Å². The number of benzene rings is 1. The Morgan fingerprint density at radius 2 is 1.93 bits per heavy atom. The van der Waals surface area contributed by atoms with Gasteiger partial charge in [0.05, 0.1) is 10.5 Å². The molecule has 0 atom stereocenters. The molecule has 0 fully saturated rings. The molecule has 3 N–H and O–H groups in total. The van der Waals surface area contributed by atoms with Crippen molar-refractivity contribution in [1.29, 1.82) is 0 Å². The fourth-order valence-electron chi connectivity index (χ4n) is 0.960. The molecule has 0 heterocycles. The molecule has 14 heavy (non-hydrogen) atoms. The van der Waals surface area contributed by atoms with Crippen LogP contribution in [-0.4, -0.2) is 25.7 Å². The molecule has 0 unspecified atom stereocenters. The lowest BCUT2D eigenvalue weighted by molar-refractivity contribution is 0.0696. The molecule has 0 aliphatic carbocycles. The number of carboxylic acids is 1. The van der Waals surface area contributed by atoms with E-state index in [0.29, 0.717) is 0 Å². The molecule has 1 aromatic rings. The van der Waals surface area contributed by atoms with E-state index in [2.05, 4.69) is 0 Å². The quantitative estimate of drug-likeness (QED) is 0.694. The first-order valence-corrected chi connectivity index (χ1v) is 5.54. The van der Waals surface area contributed by atoms with Gasteiger partial charge in [0.25, 0.3) is 0 Å². The zero-order chi connectivity index (χ0) is 10.9. The number of aromatic carboxylic acids is 1.